The molecule has 0 spiro atoms. The molecule has 6 nitrogen and oxygen atoms in total. The smallest absolute Gasteiger partial charge is 0.363 e. The SMILES string of the molecule is C[C@@H]1CCc2c(sc(NC(=O)c3cnn4c3N[C@@H](c3ccccc3)C[C@@H]4C(F)(F)F)c2C#N)C1. The lowest BCUT2D eigenvalue weighted by atomic mass is 9.88. The number of benzene rings is 1. The summed E-state index contributed by atoms with van der Waals surface area (Å²) in [5.74, 6) is -0.0673. The molecule has 0 saturated heterocycles. The third kappa shape index (κ3) is 3.94. The molecule has 176 valence electrons. The molecular weight excluding hydrogens is 463 g/mol. The molecule has 3 aromatic rings. The van der Waals surface area contributed by atoms with E-state index < -0.39 is 24.2 Å². The van der Waals surface area contributed by atoms with Crippen LogP contribution in [0.25, 0.3) is 0 Å². The molecule has 2 aliphatic rings. The van der Waals surface area contributed by atoms with Crippen LogP contribution in [0.3, 0.4) is 0 Å². The molecular formula is C24H22F3N5OS. The van der Waals surface area contributed by atoms with Crippen LogP contribution in [0.5, 0.6) is 0 Å². The van der Waals surface area contributed by atoms with Crippen molar-refractivity contribution in [2.24, 2.45) is 5.92 Å². The molecule has 1 aliphatic heterocycles. The van der Waals surface area contributed by atoms with Crippen LogP contribution in [0.15, 0.2) is 36.5 Å². The van der Waals surface area contributed by atoms with Gasteiger partial charge in [0, 0.05) is 11.3 Å². The van der Waals surface area contributed by atoms with Crippen molar-refractivity contribution < 1.29 is 18.0 Å². The van der Waals surface area contributed by atoms with Gasteiger partial charge in [-0.3, -0.25) is 4.79 Å². The van der Waals surface area contributed by atoms with Crippen LogP contribution in [-0.2, 0) is 12.8 Å². The Morgan fingerprint density at radius 2 is 2.09 bits per heavy atom. The standard InChI is InChI=1S/C24H22F3N5OS/c1-13-7-8-15-16(11-28)23(34-19(15)9-13)31-22(33)17-12-29-32-20(24(25,26)27)10-18(30-21(17)32)14-5-3-2-4-6-14/h2-6,12-13,18,20,30H,7-10H2,1H3,(H,31,33)/t13-,18-,20-/m1/s1. The van der Waals surface area contributed by atoms with E-state index in [1.807, 2.05) is 0 Å². The fourth-order valence-electron chi connectivity index (χ4n) is 4.76. The van der Waals surface area contributed by atoms with Crippen molar-refractivity contribution in [1.82, 2.24) is 9.78 Å². The Morgan fingerprint density at radius 3 is 2.79 bits per heavy atom. The number of rotatable bonds is 3. The Labute approximate surface area is 198 Å². The number of carbonyl (C=O) groups excluding carboxylic acids is 1. The van der Waals surface area contributed by atoms with Gasteiger partial charge in [0.05, 0.1) is 17.8 Å². The van der Waals surface area contributed by atoms with Gasteiger partial charge in [-0.05, 0) is 36.3 Å². The lowest BCUT2D eigenvalue weighted by molar-refractivity contribution is -0.173. The van der Waals surface area contributed by atoms with E-state index in [0.717, 1.165) is 40.6 Å². The fourth-order valence-corrected chi connectivity index (χ4v) is 6.12. The van der Waals surface area contributed by atoms with Crippen LogP contribution in [0, 0.1) is 17.2 Å². The minimum atomic E-state index is -4.53. The fraction of sp³-hybridized carbons (Fsp3) is 0.375. The largest absolute Gasteiger partial charge is 0.410 e. The topological polar surface area (TPSA) is 82.7 Å². The van der Waals surface area contributed by atoms with E-state index in [2.05, 4.69) is 28.7 Å². The van der Waals surface area contributed by atoms with Crippen LogP contribution in [0.4, 0.5) is 24.0 Å². The van der Waals surface area contributed by atoms with Crippen molar-refractivity contribution in [1.29, 1.82) is 5.26 Å². The Hall–Kier alpha value is -3.32. The number of fused-ring (bicyclic) bond motifs is 2. The summed E-state index contributed by atoms with van der Waals surface area (Å²) in [4.78, 5) is 14.3. The van der Waals surface area contributed by atoms with E-state index in [1.165, 1.54) is 11.3 Å². The van der Waals surface area contributed by atoms with Gasteiger partial charge < -0.3 is 10.6 Å². The first-order valence-corrected chi connectivity index (χ1v) is 11.9. The Balaban J connectivity index is 1.48. The highest BCUT2D eigenvalue weighted by molar-refractivity contribution is 7.16. The molecule has 3 heterocycles. The number of alkyl halides is 3. The maximum atomic E-state index is 13.9. The van der Waals surface area contributed by atoms with Gasteiger partial charge >= 0.3 is 6.18 Å². The van der Waals surface area contributed by atoms with Crippen LogP contribution >= 0.6 is 11.3 Å². The van der Waals surface area contributed by atoms with Crippen molar-refractivity contribution in [3.8, 4) is 6.07 Å². The number of amides is 1. The molecule has 2 aromatic heterocycles. The van der Waals surface area contributed by atoms with Crippen molar-refractivity contribution in [2.45, 2.75) is 50.9 Å². The second-order valence-corrected chi connectivity index (χ2v) is 9.98. The van der Waals surface area contributed by atoms with E-state index in [9.17, 15) is 23.2 Å². The Kier molecular flexibility index (Phi) is 5.60. The second kappa shape index (κ2) is 8.47. The summed E-state index contributed by atoms with van der Waals surface area (Å²) in [6.45, 7) is 2.15. The lowest BCUT2D eigenvalue weighted by Crippen LogP contribution is -2.36. The summed E-state index contributed by atoms with van der Waals surface area (Å²) < 4.78 is 42.6. The van der Waals surface area contributed by atoms with Crippen molar-refractivity contribution >= 4 is 28.1 Å². The van der Waals surface area contributed by atoms with Gasteiger partial charge in [-0.25, -0.2) is 4.68 Å². The monoisotopic (exact) mass is 485 g/mol. The van der Waals surface area contributed by atoms with Gasteiger partial charge in [0.2, 0.25) is 0 Å². The highest BCUT2D eigenvalue weighted by Gasteiger charge is 2.47. The molecule has 0 fully saturated rings. The van der Waals surface area contributed by atoms with Crippen LogP contribution in [0.1, 0.15) is 63.8 Å². The first-order chi connectivity index (χ1) is 16.3. The molecule has 0 radical (unpaired) electrons. The number of anilines is 2. The number of aromatic nitrogens is 2. The van der Waals surface area contributed by atoms with E-state index in [1.54, 1.807) is 30.3 Å². The zero-order valence-electron chi connectivity index (χ0n) is 18.3. The molecule has 0 bridgehead atoms. The van der Waals surface area contributed by atoms with Crippen LogP contribution in [-0.4, -0.2) is 21.9 Å². The molecule has 1 amide bonds. The summed E-state index contributed by atoms with van der Waals surface area (Å²) in [5, 5.41) is 19.9. The van der Waals surface area contributed by atoms with Gasteiger partial charge in [-0.1, -0.05) is 37.3 Å². The van der Waals surface area contributed by atoms with Gasteiger partial charge in [0.1, 0.15) is 22.5 Å². The number of thiophene rings is 1. The Morgan fingerprint density at radius 1 is 1.32 bits per heavy atom. The van der Waals surface area contributed by atoms with E-state index in [4.69, 9.17) is 0 Å². The normalized spacial score (nSPS) is 21.7. The third-order valence-electron chi connectivity index (χ3n) is 6.54. The summed E-state index contributed by atoms with van der Waals surface area (Å²) in [6, 6.07) is 8.55. The predicted molar refractivity (Wildman–Crippen MR) is 123 cm³/mol. The molecule has 10 heteroatoms. The molecule has 3 atom stereocenters. The van der Waals surface area contributed by atoms with Crippen molar-refractivity contribution in [2.75, 3.05) is 10.6 Å². The maximum Gasteiger partial charge on any atom is 0.410 e. The predicted octanol–water partition coefficient (Wildman–Crippen LogP) is 5.85. The minimum absolute atomic E-state index is 0.0125. The minimum Gasteiger partial charge on any atom is -0.363 e. The van der Waals surface area contributed by atoms with Crippen LogP contribution < -0.4 is 10.6 Å². The first-order valence-electron chi connectivity index (χ1n) is 11.1. The van der Waals surface area contributed by atoms with Crippen molar-refractivity contribution in [3.63, 3.8) is 0 Å². The van der Waals surface area contributed by atoms with Gasteiger partial charge in [0.15, 0.2) is 6.04 Å². The highest BCUT2D eigenvalue weighted by atomic mass is 32.1. The molecule has 1 aromatic carbocycles. The highest BCUT2D eigenvalue weighted by Crippen LogP contribution is 2.45. The van der Waals surface area contributed by atoms with Gasteiger partial charge in [0.25, 0.3) is 5.91 Å². The molecule has 5 rings (SSSR count). The zero-order valence-corrected chi connectivity index (χ0v) is 19.1. The van der Waals surface area contributed by atoms with E-state index in [-0.39, 0.29) is 17.8 Å². The van der Waals surface area contributed by atoms with Gasteiger partial charge in [-0.2, -0.15) is 23.5 Å². The second-order valence-electron chi connectivity index (χ2n) is 8.87. The number of hydrogen-bond acceptors (Lipinski definition) is 5. The Bertz CT molecular complexity index is 1270. The molecule has 0 unspecified atom stereocenters. The first kappa shape index (κ1) is 22.5. The summed E-state index contributed by atoms with van der Waals surface area (Å²) >= 11 is 1.37. The molecule has 0 saturated carbocycles. The number of halogens is 3. The number of carbonyl (C=O) groups is 1. The summed E-state index contributed by atoms with van der Waals surface area (Å²) in [6.07, 6.45) is -1.000. The van der Waals surface area contributed by atoms with E-state index in [0.29, 0.717) is 22.0 Å². The average Bonchev–Trinajstić information content (AvgIpc) is 3.38. The maximum absolute atomic E-state index is 13.9. The molecule has 1 aliphatic carbocycles. The third-order valence-corrected chi connectivity index (χ3v) is 7.71. The quantitative estimate of drug-likeness (QED) is 0.487. The average molecular weight is 486 g/mol. The summed E-state index contributed by atoms with van der Waals surface area (Å²) in [5.41, 5.74) is 2.13. The molecule has 34 heavy (non-hydrogen) atoms. The summed E-state index contributed by atoms with van der Waals surface area (Å²) in [7, 11) is 0. The zero-order chi connectivity index (χ0) is 24.0. The van der Waals surface area contributed by atoms with Gasteiger partial charge in [-0.15, -0.1) is 11.3 Å². The number of nitriles is 1. The van der Waals surface area contributed by atoms with E-state index >= 15 is 0 Å². The molecule has 2 N–H and O–H groups in total. The number of hydrogen-bond donors (Lipinski definition) is 2. The van der Waals surface area contributed by atoms with Crippen LogP contribution in [0.2, 0.25) is 0 Å². The number of nitrogens with zero attached hydrogens (tertiary/aromatic N) is 3. The number of nitrogens with one attached hydrogen (secondary N) is 2. The lowest BCUT2D eigenvalue weighted by Gasteiger charge is -2.34. The van der Waals surface area contributed by atoms with Crippen molar-refractivity contribution in [3.05, 3.63) is 63.7 Å².